The Kier molecular flexibility index (Phi) is 12.2. The molecule has 0 heterocycles. The van der Waals surface area contributed by atoms with Gasteiger partial charge in [-0.15, -0.1) is 0 Å². The highest BCUT2D eigenvalue weighted by Crippen LogP contribution is 2.34. The molecule has 0 spiro atoms. The van der Waals surface area contributed by atoms with Gasteiger partial charge in [0.05, 0.1) is 33.4 Å². The minimum atomic E-state index is -0.510. The molecule has 1 aliphatic rings. The van der Waals surface area contributed by atoms with E-state index in [4.69, 9.17) is 38.4 Å². The smallest absolute Gasteiger partial charge is 0.338 e. The number of nitrogens with one attached hydrogen (secondary N) is 2. The highest BCUT2D eigenvalue weighted by molar-refractivity contribution is 9.10. The predicted molar refractivity (Wildman–Crippen MR) is 177 cm³/mol. The number of carbonyl (C=O) groups is 2. The second-order valence-corrected chi connectivity index (χ2v) is 12.5. The van der Waals surface area contributed by atoms with Crippen LogP contribution in [0.4, 0.5) is 17.1 Å². The number of ether oxygens (including phenoxy) is 2. The van der Waals surface area contributed by atoms with Gasteiger partial charge in [0.25, 0.3) is 0 Å². The fourth-order valence-electron chi connectivity index (χ4n) is 5.41. The molecule has 0 radical (unpaired) electrons. The van der Waals surface area contributed by atoms with E-state index in [2.05, 4.69) is 33.5 Å². The lowest BCUT2D eigenvalue weighted by molar-refractivity contribution is -0.143. The third-order valence-corrected chi connectivity index (χ3v) is 9.28. The number of anilines is 3. The SMILES string of the molecule is CCC1(NCc2cc(C(=O)OCCOC(=O)Cc3ccccc3Nc3c(Cl)cccc3Cl)cc(Br)c2N)CCCCCC1. The van der Waals surface area contributed by atoms with Crippen LogP contribution < -0.4 is 16.4 Å². The largest absolute Gasteiger partial charge is 0.462 e. The lowest BCUT2D eigenvalue weighted by atomic mass is 9.87. The highest BCUT2D eigenvalue weighted by Gasteiger charge is 2.28. The van der Waals surface area contributed by atoms with E-state index >= 15 is 0 Å². The molecule has 1 saturated carbocycles. The number of halogens is 3. The molecular formula is C33H38BrCl2N3O4. The molecule has 1 aliphatic carbocycles. The first kappa shape index (κ1) is 33.1. The summed E-state index contributed by atoms with van der Waals surface area (Å²) < 4.78 is 11.4. The topological polar surface area (TPSA) is 103 Å². The lowest BCUT2D eigenvalue weighted by Crippen LogP contribution is -2.43. The van der Waals surface area contributed by atoms with Crippen LogP contribution in [0.2, 0.25) is 10.0 Å². The first-order chi connectivity index (χ1) is 20.7. The lowest BCUT2D eigenvalue weighted by Gasteiger charge is -2.33. The number of carbonyl (C=O) groups excluding carboxylic acids is 2. The van der Waals surface area contributed by atoms with Crippen molar-refractivity contribution in [3.63, 3.8) is 0 Å². The van der Waals surface area contributed by atoms with E-state index in [1.165, 1.54) is 25.7 Å². The zero-order valence-electron chi connectivity index (χ0n) is 24.3. The number of hydrogen-bond acceptors (Lipinski definition) is 7. The summed E-state index contributed by atoms with van der Waals surface area (Å²) in [6.45, 7) is 2.65. The first-order valence-electron chi connectivity index (χ1n) is 14.7. The molecule has 0 amide bonds. The molecule has 0 aliphatic heterocycles. The Morgan fingerprint density at radius 1 is 0.930 bits per heavy atom. The standard InChI is InChI=1S/C33H38BrCl2N3O4/c1-2-33(14-7-3-4-8-15-33)38-21-24-18-23(19-25(34)30(24)37)32(41)43-17-16-42-29(40)20-22-10-5-6-13-28(22)39-31-26(35)11-9-12-27(31)36/h5-6,9-13,18-19,38-39H,2-4,7-8,14-17,20-21,37H2,1H3. The maximum Gasteiger partial charge on any atom is 0.338 e. The van der Waals surface area contributed by atoms with Crippen LogP contribution in [-0.2, 0) is 27.2 Å². The van der Waals surface area contributed by atoms with Crippen LogP contribution in [0.5, 0.6) is 0 Å². The Morgan fingerprint density at radius 2 is 1.60 bits per heavy atom. The Balaban J connectivity index is 1.29. The first-order valence-corrected chi connectivity index (χ1v) is 16.2. The Hall–Kier alpha value is -2.78. The molecule has 43 heavy (non-hydrogen) atoms. The summed E-state index contributed by atoms with van der Waals surface area (Å²) in [5.41, 5.74) is 10.2. The molecule has 4 rings (SSSR count). The molecule has 3 aromatic carbocycles. The zero-order valence-corrected chi connectivity index (χ0v) is 27.4. The minimum absolute atomic E-state index is 0.0136. The summed E-state index contributed by atoms with van der Waals surface area (Å²) in [5.74, 6) is -0.966. The number of para-hydroxylation sites is 2. The molecule has 0 atom stereocenters. The fourth-order valence-corrected chi connectivity index (χ4v) is 6.40. The third-order valence-electron chi connectivity index (χ3n) is 8.00. The average Bonchev–Trinajstić information content (AvgIpc) is 3.25. The van der Waals surface area contributed by atoms with Crippen LogP contribution in [-0.4, -0.2) is 30.7 Å². The Morgan fingerprint density at radius 3 is 2.30 bits per heavy atom. The van der Waals surface area contributed by atoms with Crippen LogP contribution in [0.15, 0.2) is 59.1 Å². The van der Waals surface area contributed by atoms with Crippen LogP contribution in [0.1, 0.15) is 73.4 Å². The van der Waals surface area contributed by atoms with Gasteiger partial charge in [-0.05, 0) is 76.7 Å². The molecule has 7 nitrogen and oxygen atoms in total. The van der Waals surface area contributed by atoms with E-state index in [1.54, 1.807) is 30.3 Å². The Labute approximate surface area is 271 Å². The van der Waals surface area contributed by atoms with Crippen molar-refractivity contribution in [2.45, 2.75) is 70.4 Å². The normalized spacial score (nSPS) is 14.5. The average molecular weight is 691 g/mol. The number of benzene rings is 3. The fraction of sp³-hybridized carbons (Fsp3) is 0.394. The summed E-state index contributed by atoms with van der Waals surface area (Å²) in [6.07, 6.45) is 8.33. The van der Waals surface area contributed by atoms with Gasteiger partial charge in [0.15, 0.2) is 0 Å². The van der Waals surface area contributed by atoms with Crippen molar-refractivity contribution < 1.29 is 19.1 Å². The van der Waals surface area contributed by atoms with E-state index in [0.29, 0.717) is 49.3 Å². The van der Waals surface area contributed by atoms with Crippen molar-refractivity contribution >= 4 is 68.1 Å². The minimum Gasteiger partial charge on any atom is -0.462 e. The maximum absolute atomic E-state index is 12.9. The predicted octanol–water partition coefficient (Wildman–Crippen LogP) is 8.62. The second-order valence-electron chi connectivity index (χ2n) is 10.8. The van der Waals surface area contributed by atoms with E-state index < -0.39 is 11.9 Å². The summed E-state index contributed by atoms with van der Waals surface area (Å²) in [7, 11) is 0. The van der Waals surface area contributed by atoms with Gasteiger partial charge in [-0.2, -0.15) is 0 Å². The van der Waals surface area contributed by atoms with Gasteiger partial charge in [0, 0.05) is 22.2 Å². The second kappa shape index (κ2) is 15.8. The Bertz CT molecular complexity index is 1410. The molecule has 3 aromatic rings. The van der Waals surface area contributed by atoms with Gasteiger partial charge in [-0.3, -0.25) is 4.79 Å². The molecule has 0 bridgehead atoms. The number of hydrogen-bond donors (Lipinski definition) is 3. The quantitative estimate of drug-likeness (QED) is 0.0757. The van der Waals surface area contributed by atoms with Crippen molar-refractivity contribution in [2.75, 3.05) is 24.3 Å². The zero-order chi connectivity index (χ0) is 30.8. The number of nitrogen functional groups attached to an aromatic ring is 1. The van der Waals surface area contributed by atoms with Gasteiger partial charge >= 0.3 is 11.9 Å². The molecule has 1 fully saturated rings. The number of esters is 2. The summed E-state index contributed by atoms with van der Waals surface area (Å²) in [6, 6.07) is 16.0. The molecule has 0 unspecified atom stereocenters. The molecule has 0 saturated heterocycles. The molecule has 4 N–H and O–H groups in total. The molecular weight excluding hydrogens is 653 g/mol. The molecule has 230 valence electrons. The van der Waals surface area contributed by atoms with Gasteiger partial charge < -0.3 is 25.8 Å². The van der Waals surface area contributed by atoms with Crippen LogP contribution >= 0.6 is 39.1 Å². The third kappa shape index (κ3) is 9.11. The van der Waals surface area contributed by atoms with Crippen molar-refractivity contribution in [3.8, 4) is 0 Å². The van der Waals surface area contributed by atoms with Crippen molar-refractivity contribution in [1.82, 2.24) is 5.32 Å². The van der Waals surface area contributed by atoms with Crippen molar-refractivity contribution in [2.24, 2.45) is 0 Å². The van der Waals surface area contributed by atoms with Crippen LogP contribution in [0.25, 0.3) is 0 Å². The number of nitrogens with two attached hydrogens (primary N) is 1. The van der Waals surface area contributed by atoms with E-state index in [1.807, 2.05) is 24.3 Å². The van der Waals surface area contributed by atoms with Crippen molar-refractivity contribution in [3.05, 3.63) is 85.8 Å². The van der Waals surface area contributed by atoms with Crippen LogP contribution in [0.3, 0.4) is 0 Å². The van der Waals surface area contributed by atoms with Gasteiger partial charge in [0.1, 0.15) is 13.2 Å². The van der Waals surface area contributed by atoms with E-state index in [0.717, 1.165) is 24.8 Å². The maximum atomic E-state index is 12.9. The number of rotatable bonds is 12. The molecule has 0 aromatic heterocycles. The molecule has 10 heteroatoms. The van der Waals surface area contributed by atoms with E-state index in [9.17, 15) is 9.59 Å². The van der Waals surface area contributed by atoms with Crippen molar-refractivity contribution in [1.29, 1.82) is 0 Å². The van der Waals surface area contributed by atoms with Gasteiger partial charge in [0.2, 0.25) is 0 Å². The van der Waals surface area contributed by atoms with E-state index in [-0.39, 0.29) is 25.2 Å². The van der Waals surface area contributed by atoms with Crippen LogP contribution in [0, 0.1) is 0 Å². The monoisotopic (exact) mass is 689 g/mol. The van der Waals surface area contributed by atoms with Gasteiger partial charge in [-0.1, -0.05) is 80.1 Å². The summed E-state index contributed by atoms with van der Waals surface area (Å²) in [4.78, 5) is 25.5. The highest BCUT2D eigenvalue weighted by atomic mass is 79.9. The summed E-state index contributed by atoms with van der Waals surface area (Å²) in [5, 5.41) is 7.89. The van der Waals surface area contributed by atoms with Gasteiger partial charge in [-0.25, -0.2) is 4.79 Å². The summed E-state index contributed by atoms with van der Waals surface area (Å²) >= 11 is 16.1.